The van der Waals surface area contributed by atoms with E-state index in [1.807, 2.05) is 0 Å². The van der Waals surface area contributed by atoms with Crippen molar-refractivity contribution in [2.45, 2.75) is 0 Å². The fraction of sp³-hybridized carbons (Fsp3) is 1.00. The molecule has 0 fully saturated rings. The molecule has 0 aromatic heterocycles. The van der Waals surface area contributed by atoms with E-state index in [1.54, 1.807) is 0 Å². The molecule has 0 spiro atoms. The summed E-state index contributed by atoms with van der Waals surface area (Å²) in [5.41, 5.74) is 0. The second kappa shape index (κ2) is 7.57. The molecular weight excluding hydrogens is 228 g/mol. The first-order valence-corrected chi connectivity index (χ1v) is 5.89. The van der Waals surface area contributed by atoms with Crippen LogP contribution in [0.25, 0.3) is 0 Å². The Bertz CT molecular complexity index is 180. The molecule has 0 heterocycles. The first-order valence-electron chi connectivity index (χ1n) is 2.30. The van der Waals surface area contributed by atoms with Crippen LogP contribution in [0.4, 0.5) is 0 Å². The Kier molecular flexibility index (Phi) is 12.5. The molecule has 0 aromatic carbocycles. The minimum absolute atomic E-state index is 0. The molecule has 6 nitrogen and oxygen atoms in total. The minimum atomic E-state index is -4.25. The molecule has 0 unspecified atom stereocenters. The Labute approximate surface area is 117 Å². The molecule has 0 bridgehead atoms. The Morgan fingerprint density at radius 3 is 1.08 bits per heavy atom. The van der Waals surface area contributed by atoms with Gasteiger partial charge in [0, 0.05) is 0 Å². The van der Waals surface area contributed by atoms with Crippen molar-refractivity contribution >= 4 is 15.2 Å². The van der Waals surface area contributed by atoms with E-state index in [0.29, 0.717) is 0 Å². The van der Waals surface area contributed by atoms with E-state index in [0.717, 1.165) is 0 Å². The van der Waals surface area contributed by atoms with Crippen LogP contribution in [0.3, 0.4) is 0 Å². The van der Waals surface area contributed by atoms with Crippen LogP contribution in [0.1, 0.15) is 2.85 Å². The van der Waals surface area contributed by atoms with Crippen molar-refractivity contribution in [1.29, 1.82) is 0 Å². The van der Waals surface area contributed by atoms with Crippen LogP contribution in [0.2, 0.25) is 0 Å². The molecule has 0 amide bonds. The second-order valence-electron chi connectivity index (χ2n) is 1.78. The monoisotopic (exact) mass is 238 g/mol. The third kappa shape index (κ3) is 18.2. The predicted molar refractivity (Wildman–Crippen MR) is 36.0 cm³/mol. The standard InChI is InChI=1S/C2H8O6P2.2Na.2H/c3-9(4,5)1-2-10(6,7)8;;;;/h1-2H2,(H2,3,4,5)(H2,6,7,8);;;;/q;2*+1;2*-1. The molecule has 0 radical (unpaired) electrons. The molecule has 0 saturated carbocycles. The zero-order valence-corrected chi connectivity index (χ0v) is 12.7. The van der Waals surface area contributed by atoms with E-state index >= 15 is 0 Å². The summed E-state index contributed by atoms with van der Waals surface area (Å²) in [6.07, 6.45) is -1.53. The maximum Gasteiger partial charge on any atom is 1.00 e. The van der Waals surface area contributed by atoms with Gasteiger partial charge in [0.1, 0.15) is 0 Å². The summed E-state index contributed by atoms with van der Waals surface area (Å²) in [6.45, 7) is 0. The van der Waals surface area contributed by atoms with Crippen LogP contribution in [-0.4, -0.2) is 31.9 Å². The average Bonchev–Trinajstić information content (AvgIpc) is 1.57. The topological polar surface area (TPSA) is 115 Å². The van der Waals surface area contributed by atoms with Gasteiger partial charge in [0.25, 0.3) is 0 Å². The van der Waals surface area contributed by atoms with Gasteiger partial charge in [0.2, 0.25) is 0 Å². The molecule has 0 aliphatic heterocycles. The Balaban J connectivity index is -0.0000000675. The van der Waals surface area contributed by atoms with Crippen molar-refractivity contribution in [2.75, 3.05) is 12.3 Å². The summed E-state index contributed by atoms with van der Waals surface area (Å²) < 4.78 is 20.1. The Morgan fingerprint density at radius 1 is 0.833 bits per heavy atom. The molecule has 0 aliphatic carbocycles. The minimum Gasteiger partial charge on any atom is -1.00 e. The fourth-order valence-electron chi connectivity index (χ4n) is 0.261. The number of hydrogen-bond donors (Lipinski definition) is 4. The van der Waals surface area contributed by atoms with Gasteiger partial charge in [-0.2, -0.15) is 0 Å². The van der Waals surface area contributed by atoms with Gasteiger partial charge in [-0.15, -0.1) is 0 Å². The van der Waals surface area contributed by atoms with Gasteiger partial charge in [0.15, 0.2) is 0 Å². The normalized spacial score (nSPS) is 11.3. The first-order chi connectivity index (χ1) is 4.21. The zero-order valence-electron chi connectivity index (χ0n) is 8.91. The zero-order chi connectivity index (χ0) is 8.41. The quantitative estimate of drug-likeness (QED) is 0.287. The Hall–Kier alpha value is 2.30. The van der Waals surface area contributed by atoms with Gasteiger partial charge in [-0.1, -0.05) is 0 Å². The molecule has 0 atom stereocenters. The van der Waals surface area contributed by atoms with E-state index in [-0.39, 0.29) is 62.0 Å². The molecule has 0 saturated heterocycles. The largest absolute Gasteiger partial charge is 1.00 e. The third-order valence-electron chi connectivity index (χ3n) is 0.683. The van der Waals surface area contributed by atoms with Gasteiger partial charge in [-0.05, 0) is 0 Å². The molecule has 0 aliphatic rings. The van der Waals surface area contributed by atoms with Crippen molar-refractivity contribution < 1.29 is 90.7 Å². The fourth-order valence-corrected chi connectivity index (χ4v) is 2.34. The molecule has 4 N–H and O–H groups in total. The van der Waals surface area contributed by atoms with Gasteiger partial charge in [-0.25, -0.2) is 0 Å². The van der Waals surface area contributed by atoms with Gasteiger partial charge >= 0.3 is 74.3 Å². The summed E-state index contributed by atoms with van der Waals surface area (Å²) in [4.78, 5) is 32.6. The van der Waals surface area contributed by atoms with Crippen molar-refractivity contribution in [1.82, 2.24) is 0 Å². The number of rotatable bonds is 3. The molecule has 0 rings (SSSR count). The maximum atomic E-state index is 10.0. The van der Waals surface area contributed by atoms with Crippen LogP contribution >= 0.6 is 15.2 Å². The Morgan fingerprint density at radius 2 is 1.00 bits per heavy atom. The molecule has 12 heavy (non-hydrogen) atoms. The summed E-state index contributed by atoms with van der Waals surface area (Å²) in [6, 6.07) is 0. The summed E-state index contributed by atoms with van der Waals surface area (Å²) in [7, 11) is -8.51. The van der Waals surface area contributed by atoms with Crippen LogP contribution in [-0.2, 0) is 9.13 Å². The number of hydrogen-bond acceptors (Lipinski definition) is 2. The van der Waals surface area contributed by atoms with Gasteiger partial charge in [0.05, 0.1) is 12.3 Å². The first kappa shape index (κ1) is 19.8. The van der Waals surface area contributed by atoms with Crippen LogP contribution in [0, 0.1) is 0 Å². The van der Waals surface area contributed by atoms with Crippen molar-refractivity contribution in [3.8, 4) is 0 Å². The smallest absolute Gasteiger partial charge is 1.00 e. The molecular formula is C2H10Na2O6P2. The van der Waals surface area contributed by atoms with Crippen molar-refractivity contribution in [3.05, 3.63) is 0 Å². The van der Waals surface area contributed by atoms with E-state index in [1.165, 1.54) is 0 Å². The van der Waals surface area contributed by atoms with Crippen molar-refractivity contribution in [2.24, 2.45) is 0 Å². The molecule has 0 aromatic rings. The summed E-state index contributed by atoms with van der Waals surface area (Å²) in [5.74, 6) is 0. The van der Waals surface area contributed by atoms with E-state index in [4.69, 9.17) is 19.6 Å². The van der Waals surface area contributed by atoms with Gasteiger partial charge in [-0.3, -0.25) is 9.13 Å². The second-order valence-corrected chi connectivity index (χ2v) is 5.33. The predicted octanol–water partition coefficient (Wildman–Crippen LogP) is -6.43. The summed E-state index contributed by atoms with van der Waals surface area (Å²) >= 11 is 0. The van der Waals surface area contributed by atoms with Crippen LogP contribution < -0.4 is 59.1 Å². The van der Waals surface area contributed by atoms with E-state index in [2.05, 4.69) is 0 Å². The maximum absolute atomic E-state index is 10.0. The third-order valence-corrected chi connectivity index (χ3v) is 2.65. The van der Waals surface area contributed by atoms with Crippen LogP contribution in [0.15, 0.2) is 0 Å². The van der Waals surface area contributed by atoms with E-state index < -0.39 is 27.5 Å². The SMILES string of the molecule is O=P(O)(O)CCP(=O)(O)O.[H-].[H-].[Na+].[Na+]. The van der Waals surface area contributed by atoms with Crippen molar-refractivity contribution in [3.63, 3.8) is 0 Å². The van der Waals surface area contributed by atoms with E-state index in [9.17, 15) is 9.13 Å². The van der Waals surface area contributed by atoms with Crippen LogP contribution in [0.5, 0.6) is 0 Å². The molecule has 66 valence electrons. The average molecular weight is 238 g/mol. The van der Waals surface area contributed by atoms with Gasteiger partial charge < -0.3 is 22.4 Å². The molecule has 10 heteroatoms. The summed E-state index contributed by atoms with van der Waals surface area (Å²) in [5, 5.41) is 0.